The number of aliphatic carboxylic acids is 1. The Morgan fingerprint density at radius 1 is 1.60 bits per heavy atom. The molecule has 1 aromatic heterocycles. The fourth-order valence-electron chi connectivity index (χ4n) is 1.00. The summed E-state index contributed by atoms with van der Waals surface area (Å²) in [7, 11) is 0. The Labute approximate surface area is 91.0 Å². The lowest BCUT2D eigenvalue weighted by atomic mass is 10.2. The first-order chi connectivity index (χ1) is 7.04. The molecule has 1 amide bonds. The molecule has 0 aliphatic rings. The number of carboxylic acids is 1. The van der Waals surface area contributed by atoms with Crippen LogP contribution in [0.4, 0.5) is 0 Å². The predicted octanol–water partition coefficient (Wildman–Crippen LogP) is 1.53. The molecule has 0 aliphatic carbocycles. The van der Waals surface area contributed by atoms with E-state index in [4.69, 9.17) is 21.1 Å². The Bertz CT molecular complexity index is 374. The number of hydrogen-bond donors (Lipinski definition) is 2. The average Bonchev–Trinajstić information content (AvgIpc) is 2.60. The number of amides is 1. The van der Waals surface area contributed by atoms with Crippen molar-refractivity contribution in [2.24, 2.45) is 0 Å². The zero-order valence-electron chi connectivity index (χ0n) is 7.99. The summed E-state index contributed by atoms with van der Waals surface area (Å²) in [5, 5.41) is 11.1. The van der Waals surface area contributed by atoms with Gasteiger partial charge in [0.15, 0.2) is 11.0 Å². The molecule has 0 saturated heterocycles. The van der Waals surface area contributed by atoms with Gasteiger partial charge < -0.3 is 14.8 Å². The highest BCUT2D eigenvalue weighted by atomic mass is 35.5. The first kappa shape index (κ1) is 11.6. The SMILES string of the molecule is CC[C@H](NC(=O)c1ccc(Cl)o1)C(=O)O. The highest BCUT2D eigenvalue weighted by Gasteiger charge is 2.20. The lowest BCUT2D eigenvalue weighted by molar-refractivity contribution is -0.139. The van der Waals surface area contributed by atoms with Crippen LogP contribution in [-0.4, -0.2) is 23.0 Å². The van der Waals surface area contributed by atoms with Crippen LogP contribution < -0.4 is 5.32 Å². The molecule has 0 aliphatic heterocycles. The summed E-state index contributed by atoms with van der Waals surface area (Å²) < 4.78 is 4.83. The third kappa shape index (κ3) is 2.99. The van der Waals surface area contributed by atoms with Crippen molar-refractivity contribution in [3.05, 3.63) is 23.1 Å². The van der Waals surface area contributed by atoms with Crippen LogP contribution in [0.1, 0.15) is 23.9 Å². The van der Waals surface area contributed by atoms with Crippen LogP contribution >= 0.6 is 11.6 Å². The van der Waals surface area contributed by atoms with Crippen molar-refractivity contribution in [1.29, 1.82) is 0 Å². The Balaban J connectivity index is 2.66. The maximum Gasteiger partial charge on any atom is 0.326 e. The van der Waals surface area contributed by atoms with Gasteiger partial charge in [-0.3, -0.25) is 4.79 Å². The Morgan fingerprint density at radius 2 is 2.27 bits per heavy atom. The van der Waals surface area contributed by atoms with E-state index >= 15 is 0 Å². The zero-order valence-corrected chi connectivity index (χ0v) is 8.75. The van der Waals surface area contributed by atoms with E-state index in [1.807, 2.05) is 0 Å². The minimum absolute atomic E-state index is 0.000278. The molecule has 0 radical (unpaired) electrons. The minimum atomic E-state index is -1.08. The lowest BCUT2D eigenvalue weighted by Crippen LogP contribution is -2.40. The second-order valence-electron chi connectivity index (χ2n) is 2.88. The first-order valence-corrected chi connectivity index (χ1v) is 4.71. The third-order valence-electron chi connectivity index (χ3n) is 1.81. The zero-order chi connectivity index (χ0) is 11.4. The maximum atomic E-state index is 11.4. The van der Waals surface area contributed by atoms with Crippen LogP contribution in [0.2, 0.25) is 5.22 Å². The molecule has 1 rings (SSSR count). The number of furan rings is 1. The summed E-state index contributed by atoms with van der Waals surface area (Å²) in [5.41, 5.74) is 0. The Kier molecular flexibility index (Phi) is 3.74. The molecule has 1 heterocycles. The number of carboxylic acid groups (broad SMARTS) is 1. The van der Waals surface area contributed by atoms with Crippen molar-refractivity contribution < 1.29 is 19.1 Å². The van der Waals surface area contributed by atoms with E-state index in [-0.39, 0.29) is 11.0 Å². The van der Waals surface area contributed by atoms with E-state index in [1.54, 1.807) is 6.92 Å². The van der Waals surface area contributed by atoms with Crippen molar-refractivity contribution in [1.82, 2.24) is 5.32 Å². The number of halogens is 1. The predicted molar refractivity (Wildman–Crippen MR) is 52.9 cm³/mol. The van der Waals surface area contributed by atoms with E-state index in [9.17, 15) is 9.59 Å². The summed E-state index contributed by atoms with van der Waals surface area (Å²) in [6.45, 7) is 1.66. The standard InChI is InChI=1S/C9H10ClNO4/c1-2-5(9(13)14)11-8(12)6-3-4-7(10)15-6/h3-5H,2H2,1H3,(H,11,12)(H,13,14)/t5-/m0/s1. The summed E-state index contributed by atoms with van der Waals surface area (Å²) in [5.74, 6) is -1.67. The van der Waals surface area contributed by atoms with Crippen molar-refractivity contribution in [2.45, 2.75) is 19.4 Å². The fourth-order valence-corrected chi connectivity index (χ4v) is 1.15. The van der Waals surface area contributed by atoms with Gasteiger partial charge in [-0.1, -0.05) is 6.92 Å². The van der Waals surface area contributed by atoms with E-state index in [0.29, 0.717) is 6.42 Å². The quantitative estimate of drug-likeness (QED) is 0.824. The molecule has 0 aromatic carbocycles. The van der Waals surface area contributed by atoms with Gasteiger partial charge in [-0.15, -0.1) is 0 Å². The molecule has 0 spiro atoms. The van der Waals surface area contributed by atoms with E-state index < -0.39 is 17.9 Å². The molecule has 0 saturated carbocycles. The molecule has 82 valence electrons. The molecule has 6 heteroatoms. The molecule has 0 unspecified atom stereocenters. The highest BCUT2D eigenvalue weighted by Crippen LogP contribution is 2.13. The monoisotopic (exact) mass is 231 g/mol. The van der Waals surface area contributed by atoms with E-state index in [1.165, 1.54) is 12.1 Å². The molecule has 2 N–H and O–H groups in total. The first-order valence-electron chi connectivity index (χ1n) is 4.33. The van der Waals surface area contributed by atoms with Gasteiger partial charge in [-0.2, -0.15) is 0 Å². The van der Waals surface area contributed by atoms with Crippen LogP contribution in [0, 0.1) is 0 Å². The molecule has 1 atom stereocenters. The second-order valence-corrected chi connectivity index (χ2v) is 3.25. The molecular formula is C9H10ClNO4. The third-order valence-corrected chi connectivity index (χ3v) is 2.01. The van der Waals surface area contributed by atoms with E-state index in [2.05, 4.69) is 5.32 Å². The summed E-state index contributed by atoms with van der Waals surface area (Å²) in [4.78, 5) is 22.0. The van der Waals surface area contributed by atoms with Crippen molar-refractivity contribution >= 4 is 23.5 Å². The normalized spacial score (nSPS) is 12.1. The van der Waals surface area contributed by atoms with Gasteiger partial charge in [0.05, 0.1) is 0 Å². The number of hydrogen-bond acceptors (Lipinski definition) is 3. The van der Waals surface area contributed by atoms with Crippen molar-refractivity contribution in [2.75, 3.05) is 0 Å². The van der Waals surface area contributed by atoms with Crippen LogP contribution in [0.15, 0.2) is 16.5 Å². The molecular weight excluding hydrogens is 222 g/mol. The Morgan fingerprint density at radius 3 is 2.67 bits per heavy atom. The van der Waals surface area contributed by atoms with Gasteiger partial charge in [0.2, 0.25) is 0 Å². The van der Waals surface area contributed by atoms with Crippen LogP contribution in [0.25, 0.3) is 0 Å². The molecule has 15 heavy (non-hydrogen) atoms. The fraction of sp³-hybridized carbons (Fsp3) is 0.333. The maximum absolute atomic E-state index is 11.4. The van der Waals surface area contributed by atoms with Gasteiger partial charge in [0.1, 0.15) is 6.04 Å². The van der Waals surface area contributed by atoms with Gasteiger partial charge in [0.25, 0.3) is 5.91 Å². The average molecular weight is 232 g/mol. The molecule has 0 bridgehead atoms. The smallest absolute Gasteiger partial charge is 0.326 e. The highest BCUT2D eigenvalue weighted by molar-refractivity contribution is 6.29. The lowest BCUT2D eigenvalue weighted by Gasteiger charge is -2.10. The van der Waals surface area contributed by atoms with Gasteiger partial charge >= 0.3 is 5.97 Å². The summed E-state index contributed by atoms with van der Waals surface area (Å²) >= 11 is 5.47. The summed E-state index contributed by atoms with van der Waals surface area (Å²) in [6.07, 6.45) is 0.301. The van der Waals surface area contributed by atoms with Gasteiger partial charge in [0, 0.05) is 0 Å². The van der Waals surface area contributed by atoms with Crippen molar-refractivity contribution in [3.8, 4) is 0 Å². The molecule has 5 nitrogen and oxygen atoms in total. The number of carbonyl (C=O) groups excluding carboxylic acids is 1. The van der Waals surface area contributed by atoms with Gasteiger partial charge in [-0.05, 0) is 30.2 Å². The topological polar surface area (TPSA) is 79.5 Å². The van der Waals surface area contributed by atoms with Crippen LogP contribution in [-0.2, 0) is 4.79 Å². The van der Waals surface area contributed by atoms with Crippen LogP contribution in [0.5, 0.6) is 0 Å². The Hall–Kier alpha value is -1.49. The second kappa shape index (κ2) is 4.84. The largest absolute Gasteiger partial charge is 0.480 e. The number of rotatable bonds is 4. The van der Waals surface area contributed by atoms with E-state index in [0.717, 1.165) is 0 Å². The van der Waals surface area contributed by atoms with Gasteiger partial charge in [-0.25, -0.2) is 4.79 Å². The minimum Gasteiger partial charge on any atom is -0.480 e. The number of nitrogens with one attached hydrogen (secondary N) is 1. The van der Waals surface area contributed by atoms with Crippen LogP contribution in [0.3, 0.4) is 0 Å². The van der Waals surface area contributed by atoms with Crippen molar-refractivity contribution in [3.63, 3.8) is 0 Å². The molecule has 1 aromatic rings. The number of carbonyl (C=O) groups is 2. The summed E-state index contributed by atoms with van der Waals surface area (Å²) in [6, 6.07) is 1.88. The molecule has 0 fully saturated rings.